The number of aryl methyl sites for hydroxylation is 2. The van der Waals surface area contributed by atoms with E-state index in [1.807, 2.05) is 20.8 Å². The van der Waals surface area contributed by atoms with Crippen LogP contribution in [0, 0.1) is 25.7 Å². The maximum Gasteiger partial charge on any atom is 0.341 e. The van der Waals surface area contributed by atoms with E-state index in [9.17, 15) is 9.59 Å². The second-order valence-electron chi connectivity index (χ2n) is 16.8. The second-order valence-corrected chi connectivity index (χ2v) is 17.2. The van der Waals surface area contributed by atoms with E-state index in [2.05, 4.69) is 46.1 Å². The Bertz CT molecular complexity index is 2610. The van der Waals surface area contributed by atoms with Crippen molar-refractivity contribution in [3.8, 4) is 5.75 Å². The van der Waals surface area contributed by atoms with Crippen LogP contribution in [0.4, 0.5) is 11.4 Å². The second kappa shape index (κ2) is 20.3. The molecule has 6 aromatic heterocycles. The average molecular weight is 877 g/mol. The minimum absolute atomic E-state index is 0.150. The van der Waals surface area contributed by atoms with Gasteiger partial charge in [-0.05, 0) is 63.1 Å². The molecule has 15 nitrogen and oxygen atoms in total. The van der Waals surface area contributed by atoms with Gasteiger partial charge in [-0.15, -0.1) is 0 Å². The molecule has 2 saturated carbocycles. The molecule has 332 valence electrons. The quantitative estimate of drug-likeness (QED) is 0.0610. The highest BCUT2D eigenvalue weighted by Gasteiger charge is 2.25. The number of nitrogens with one attached hydrogen (secondary N) is 4. The Labute approximate surface area is 372 Å². The molecular formula is C47H58ClN11O4. The number of anilines is 2. The number of carbonyl (C=O) groups is 2. The van der Waals surface area contributed by atoms with Gasteiger partial charge in [-0.3, -0.25) is 24.6 Å². The summed E-state index contributed by atoms with van der Waals surface area (Å²) >= 11 is 6.34. The van der Waals surface area contributed by atoms with Gasteiger partial charge in [-0.1, -0.05) is 56.5 Å². The van der Waals surface area contributed by atoms with Gasteiger partial charge in [0, 0.05) is 70.0 Å². The molecule has 7 heterocycles. The zero-order valence-electron chi connectivity index (χ0n) is 36.8. The van der Waals surface area contributed by atoms with Gasteiger partial charge in [-0.25, -0.2) is 19.7 Å². The number of aromatic nitrogens is 6. The molecular weight excluding hydrogens is 818 g/mol. The first kappa shape index (κ1) is 44.1. The summed E-state index contributed by atoms with van der Waals surface area (Å²) < 4.78 is 11.1. The monoisotopic (exact) mass is 875 g/mol. The van der Waals surface area contributed by atoms with Crippen LogP contribution in [0.3, 0.4) is 0 Å². The summed E-state index contributed by atoms with van der Waals surface area (Å²) in [4.78, 5) is 55.8. The molecule has 4 N–H and O–H groups in total. The molecule has 0 bridgehead atoms. The summed E-state index contributed by atoms with van der Waals surface area (Å²) in [6, 6.07) is 3.39. The minimum atomic E-state index is -0.403. The van der Waals surface area contributed by atoms with Crippen molar-refractivity contribution in [3.05, 3.63) is 64.2 Å². The predicted molar refractivity (Wildman–Crippen MR) is 249 cm³/mol. The number of hydrogen-bond donors (Lipinski definition) is 4. The number of fused-ring (bicyclic) bond motifs is 4. The lowest BCUT2D eigenvalue weighted by Crippen LogP contribution is -2.44. The van der Waals surface area contributed by atoms with Crippen LogP contribution in [0.25, 0.3) is 44.1 Å². The molecule has 1 saturated heterocycles. The predicted octanol–water partition coefficient (Wildman–Crippen LogP) is 8.00. The largest absolute Gasteiger partial charge is 0.495 e. The zero-order chi connectivity index (χ0) is 43.9. The molecule has 0 radical (unpaired) electrons. The summed E-state index contributed by atoms with van der Waals surface area (Å²) in [5, 5.41) is 13.8. The Morgan fingerprint density at radius 2 is 1.32 bits per heavy atom. The van der Waals surface area contributed by atoms with E-state index in [1.54, 1.807) is 44.0 Å². The number of rotatable bonds is 14. The van der Waals surface area contributed by atoms with Crippen LogP contribution in [0.2, 0.25) is 5.02 Å². The Morgan fingerprint density at radius 3 is 1.94 bits per heavy atom. The van der Waals surface area contributed by atoms with E-state index in [-0.39, 0.29) is 12.6 Å². The number of carbonyl (C=O) groups excluding carboxylic acids is 2. The standard InChI is InChI=1S/C24H31N5O2.C23H27ClN6O2/c1-4-25-24(30)17-11-13-27-22-20(17)29-19-15(2)18(31-3)14-28-21(19)23(22)26-12-10-16-8-6-5-7-9-16;1-14-17(24)12-28-20-18(14)29-19-16(23(31)32-13-30-10-8-25-9-11-30)5-7-27-21(19)22(20)26-6-4-15-2-3-15/h11,13-14,16H,4-10,12H2,1-3H3,(H,25,30)(H,26,29);5,7,12,15,25H,2-4,6,8-11,13H2,1H3,(H,26,29). The number of hydrogen-bond acceptors (Lipinski definition) is 14. The fourth-order valence-corrected chi connectivity index (χ4v) is 8.77. The summed E-state index contributed by atoms with van der Waals surface area (Å²) in [6.07, 6.45) is 18.2. The van der Waals surface area contributed by atoms with E-state index < -0.39 is 5.97 Å². The number of methoxy groups -OCH3 is 1. The third kappa shape index (κ3) is 10.0. The molecule has 2 aliphatic carbocycles. The molecule has 0 atom stereocenters. The van der Waals surface area contributed by atoms with Crippen LogP contribution < -0.4 is 26.0 Å². The van der Waals surface area contributed by atoms with Gasteiger partial charge in [0.15, 0.2) is 0 Å². The van der Waals surface area contributed by atoms with Gasteiger partial charge in [0.1, 0.15) is 45.6 Å². The highest BCUT2D eigenvalue weighted by atomic mass is 35.5. The summed E-state index contributed by atoms with van der Waals surface area (Å²) in [5.74, 6) is 1.70. The minimum Gasteiger partial charge on any atom is -0.495 e. The lowest BCUT2D eigenvalue weighted by Gasteiger charge is -2.26. The Hall–Kier alpha value is -5.51. The Morgan fingerprint density at radius 1 is 0.746 bits per heavy atom. The third-order valence-corrected chi connectivity index (χ3v) is 12.9. The summed E-state index contributed by atoms with van der Waals surface area (Å²) in [5.41, 5.74) is 9.54. The lowest BCUT2D eigenvalue weighted by molar-refractivity contribution is 0.0190. The molecule has 3 aliphatic rings. The van der Waals surface area contributed by atoms with Crippen molar-refractivity contribution in [2.24, 2.45) is 11.8 Å². The van der Waals surface area contributed by atoms with Crippen molar-refractivity contribution in [3.63, 3.8) is 0 Å². The average Bonchev–Trinajstić information content (AvgIpc) is 4.15. The maximum absolute atomic E-state index is 13.0. The lowest BCUT2D eigenvalue weighted by atomic mass is 9.87. The first-order valence-electron chi connectivity index (χ1n) is 22.5. The molecule has 1 amide bonds. The maximum atomic E-state index is 13.0. The van der Waals surface area contributed by atoms with Crippen molar-refractivity contribution in [1.29, 1.82) is 0 Å². The highest BCUT2D eigenvalue weighted by Crippen LogP contribution is 2.37. The van der Waals surface area contributed by atoms with Crippen molar-refractivity contribution < 1.29 is 19.1 Å². The van der Waals surface area contributed by atoms with Crippen molar-refractivity contribution >= 4 is 79.0 Å². The Kier molecular flexibility index (Phi) is 14.2. The van der Waals surface area contributed by atoms with Crippen LogP contribution in [0.1, 0.15) is 96.6 Å². The fraction of sp³-hybridized carbons (Fsp3) is 0.489. The molecule has 16 heteroatoms. The molecule has 63 heavy (non-hydrogen) atoms. The van der Waals surface area contributed by atoms with Crippen LogP contribution >= 0.6 is 11.6 Å². The molecule has 0 aromatic carbocycles. The number of pyridine rings is 6. The number of ether oxygens (including phenoxy) is 2. The van der Waals surface area contributed by atoms with Crippen LogP contribution in [0.15, 0.2) is 36.9 Å². The van der Waals surface area contributed by atoms with E-state index in [1.165, 1.54) is 44.9 Å². The SMILES string of the molecule is CCNC(=O)c1ccnc2c(NCCC3CCCCC3)c3ncc(OC)c(C)c3nc12.Cc1c(Cl)cnc2c(NCCC3CC3)c3nccc(C(=O)OCN4CCNCC4)c3nc12. The summed E-state index contributed by atoms with van der Waals surface area (Å²) in [7, 11) is 1.63. The Balaban J connectivity index is 0.000000173. The van der Waals surface area contributed by atoms with Crippen LogP contribution in [0.5, 0.6) is 5.75 Å². The smallest absolute Gasteiger partial charge is 0.341 e. The molecule has 6 aromatic rings. The zero-order valence-corrected chi connectivity index (χ0v) is 37.5. The van der Waals surface area contributed by atoms with Gasteiger partial charge in [0.05, 0.1) is 51.9 Å². The number of amides is 1. The third-order valence-electron chi connectivity index (χ3n) is 12.5. The van der Waals surface area contributed by atoms with Gasteiger partial charge in [0.2, 0.25) is 0 Å². The topological polar surface area (TPSA) is 181 Å². The normalized spacial score (nSPS) is 15.9. The van der Waals surface area contributed by atoms with Gasteiger partial charge < -0.3 is 30.7 Å². The number of piperazine rings is 1. The van der Waals surface area contributed by atoms with Gasteiger partial charge in [0.25, 0.3) is 5.91 Å². The number of nitrogens with zero attached hydrogens (tertiary/aromatic N) is 7. The highest BCUT2D eigenvalue weighted by molar-refractivity contribution is 6.32. The van der Waals surface area contributed by atoms with Crippen molar-refractivity contribution in [2.75, 3.05) is 70.3 Å². The number of esters is 1. The van der Waals surface area contributed by atoms with E-state index in [0.29, 0.717) is 61.5 Å². The molecule has 0 unspecified atom stereocenters. The molecule has 0 spiro atoms. The van der Waals surface area contributed by atoms with Crippen LogP contribution in [-0.4, -0.2) is 106 Å². The molecule has 3 fully saturated rings. The van der Waals surface area contributed by atoms with Crippen LogP contribution in [-0.2, 0) is 4.74 Å². The van der Waals surface area contributed by atoms with E-state index in [0.717, 1.165) is 97.5 Å². The molecule has 9 rings (SSSR count). The van der Waals surface area contributed by atoms with E-state index in [4.69, 9.17) is 31.0 Å². The fourth-order valence-electron chi connectivity index (χ4n) is 8.63. The first-order valence-corrected chi connectivity index (χ1v) is 22.8. The van der Waals surface area contributed by atoms with E-state index >= 15 is 0 Å². The summed E-state index contributed by atoms with van der Waals surface area (Å²) in [6.45, 7) is 11.8. The first-order chi connectivity index (χ1) is 30.7. The van der Waals surface area contributed by atoms with Crippen molar-refractivity contribution in [2.45, 2.75) is 78.6 Å². The van der Waals surface area contributed by atoms with Gasteiger partial charge >= 0.3 is 5.97 Å². The molecule has 1 aliphatic heterocycles. The number of halogens is 1. The van der Waals surface area contributed by atoms with Gasteiger partial charge in [-0.2, -0.15) is 0 Å². The van der Waals surface area contributed by atoms with Crippen molar-refractivity contribution in [1.82, 2.24) is 45.4 Å².